The molecular weight excluding hydrogens is 424 g/mol. The predicted molar refractivity (Wildman–Crippen MR) is 119 cm³/mol. The van der Waals surface area contributed by atoms with E-state index in [0.29, 0.717) is 60.4 Å². The molecule has 33 heavy (non-hydrogen) atoms. The maximum absolute atomic E-state index is 12.8. The van der Waals surface area contributed by atoms with E-state index in [0.717, 1.165) is 0 Å². The smallest absolute Gasteiger partial charge is 0.291 e. The molecule has 9 nitrogen and oxygen atoms in total. The van der Waals surface area contributed by atoms with Crippen molar-refractivity contribution in [3.05, 3.63) is 78.3 Å². The standard InChI is InChI=1S/C24H20N4O5/c29-22(20-8-3-11-32-20)25-19-7-2-5-17(15-19)23-26-21(27-33-23)16-4-1-6-18(14-16)24(30)28-9-12-31-13-10-28/h1-8,11,14-15H,9-10,12-13H2,(H,25,29). The Morgan fingerprint density at radius 3 is 2.58 bits per heavy atom. The number of carbonyl (C=O) groups excluding carboxylic acids is 2. The Kier molecular flexibility index (Phi) is 5.69. The summed E-state index contributed by atoms with van der Waals surface area (Å²) in [6, 6.07) is 17.4. The fraction of sp³-hybridized carbons (Fsp3) is 0.167. The van der Waals surface area contributed by atoms with Gasteiger partial charge in [-0.25, -0.2) is 0 Å². The average molecular weight is 444 g/mol. The van der Waals surface area contributed by atoms with Crippen LogP contribution in [0, 0.1) is 0 Å². The van der Waals surface area contributed by atoms with E-state index in [1.54, 1.807) is 59.5 Å². The van der Waals surface area contributed by atoms with Gasteiger partial charge >= 0.3 is 0 Å². The second kappa shape index (κ2) is 9.09. The van der Waals surface area contributed by atoms with E-state index in [1.807, 2.05) is 6.07 Å². The topological polar surface area (TPSA) is 111 Å². The van der Waals surface area contributed by atoms with Gasteiger partial charge in [-0.05, 0) is 42.5 Å². The van der Waals surface area contributed by atoms with E-state index in [1.165, 1.54) is 6.26 Å². The first kappa shape index (κ1) is 20.7. The Labute approximate surface area is 189 Å². The van der Waals surface area contributed by atoms with E-state index in [-0.39, 0.29) is 17.6 Å². The van der Waals surface area contributed by atoms with Crippen LogP contribution in [-0.2, 0) is 4.74 Å². The van der Waals surface area contributed by atoms with Crippen molar-refractivity contribution in [1.29, 1.82) is 0 Å². The van der Waals surface area contributed by atoms with Gasteiger partial charge in [-0.2, -0.15) is 4.98 Å². The quantitative estimate of drug-likeness (QED) is 0.499. The second-order valence-electron chi connectivity index (χ2n) is 7.42. The summed E-state index contributed by atoms with van der Waals surface area (Å²) in [6.07, 6.45) is 1.44. The van der Waals surface area contributed by atoms with Crippen molar-refractivity contribution in [3.8, 4) is 22.8 Å². The summed E-state index contributed by atoms with van der Waals surface area (Å²) in [4.78, 5) is 31.3. The highest BCUT2D eigenvalue weighted by Gasteiger charge is 2.20. The van der Waals surface area contributed by atoms with Crippen LogP contribution < -0.4 is 5.32 Å². The van der Waals surface area contributed by atoms with Crippen molar-refractivity contribution in [2.45, 2.75) is 0 Å². The van der Waals surface area contributed by atoms with Crippen molar-refractivity contribution in [2.75, 3.05) is 31.6 Å². The van der Waals surface area contributed by atoms with Gasteiger partial charge in [-0.3, -0.25) is 9.59 Å². The number of hydrogen-bond acceptors (Lipinski definition) is 7. The molecule has 5 rings (SSSR count). The number of rotatable bonds is 5. The molecule has 0 aliphatic carbocycles. The summed E-state index contributed by atoms with van der Waals surface area (Å²) in [5, 5.41) is 6.84. The molecule has 0 saturated carbocycles. The van der Waals surface area contributed by atoms with Crippen molar-refractivity contribution >= 4 is 17.5 Å². The summed E-state index contributed by atoms with van der Waals surface area (Å²) in [7, 11) is 0. The molecule has 1 aliphatic heterocycles. The van der Waals surface area contributed by atoms with E-state index >= 15 is 0 Å². The number of hydrogen-bond donors (Lipinski definition) is 1. The van der Waals surface area contributed by atoms with Gasteiger partial charge in [0.25, 0.3) is 17.7 Å². The number of benzene rings is 2. The number of carbonyl (C=O) groups is 2. The molecule has 0 radical (unpaired) electrons. The predicted octanol–water partition coefficient (Wildman–Crippen LogP) is 3.72. The first-order valence-corrected chi connectivity index (χ1v) is 10.4. The van der Waals surface area contributed by atoms with Crippen molar-refractivity contribution in [2.24, 2.45) is 0 Å². The summed E-state index contributed by atoms with van der Waals surface area (Å²) >= 11 is 0. The largest absolute Gasteiger partial charge is 0.459 e. The highest BCUT2D eigenvalue weighted by molar-refractivity contribution is 6.02. The van der Waals surface area contributed by atoms with Crippen LogP contribution >= 0.6 is 0 Å². The van der Waals surface area contributed by atoms with E-state index in [2.05, 4.69) is 15.5 Å². The Balaban J connectivity index is 1.34. The summed E-state index contributed by atoms with van der Waals surface area (Å²) in [5.41, 5.74) is 2.44. The molecule has 9 heteroatoms. The molecule has 1 N–H and O–H groups in total. The molecule has 1 aliphatic rings. The van der Waals surface area contributed by atoms with Crippen molar-refractivity contribution in [1.82, 2.24) is 15.0 Å². The van der Waals surface area contributed by atoms with Crippen LogP contribution in [0.2, 0.25) is 0 Å². The minimum Gasteiger partial charge on any atom is -0.459 e. The molecule has 2 aromatic heterocycles. The van der Waals surface area contributed by atoms with Gasteiger partial charge in [0.2, 0.25) is 5.82 Å². The number of furan rings is 1. The third-order valence-corrected chi connectivity index (χ3v) is 5.20. The zero-order chi connectivity index (χ0) is 22.6. The number of nitrogens with zero attached hydrogens (tertiary/aromatic N) is 3. The lowest BCUT2D eigenvalue weighted by Crippen LogP contribution is -2.40. The Morgan fingerprint density at radius 1 is 0.939 bits per heavy atom. The lowest BCUT2D eigenvalue weighted by atomic mass is 10.1. The van der Waals surface area contributed by atoms with Crippen LogP contribution in [0.4, 0.5) is 5.69 Å². The van der Waals surface area contributed by atoms with Crippen LogP contribution in [0.25, 0.3) is 22.8 Å². The van der Waals surface area contributed by atoms with Crippen molar-refractivity contribution in [3.63, 3.8) is 0 Å². The van der Waals surface area contributed by atoms with Gasteiger partial charge in [-0.15, -0.1) is 0 Å². The van der Waals surface area contributed by atoms with Gasteiger partial charge in [0.05, 0.1) is 19.5 Å². The minimum absolute atomic E-state index is 0.0520. The number of aromatic nitrogens is 2. The van der Waals surface area contributed by atoms with Crippen LogP contribution in [0.1, 0.15) is 20.9 Å². The average Bonchev–Trinajstić information content (AvgIpc) is 3.57. The van der Waals surface area contributed by atoms with Gasteiger partial charge in [0, 0.05) is 35.5 Å². The molecule has 1 saturated heterocycles. The third kappa shape index (κ3) is 4.53. The first-order chi connectivity index (χ1) is 16.2. The molecule has 0 spiro atoms. The maximum Gasteiger partial charge on any atom is 0.291 e. The fourth-order valence-corrected chi connectivity index (χ4v) is 3.53. The highest BCUT2D eigenvalue weighted by atomic mass is 16.5. The van der Waals surface area contributed by atoms with Crippen LogP contribution in [0.3, 0.4) is 0 Å². The molecule has 3 heterocycles. The molecule has 4 aromatic rings. The third-order valence-electron chi connectivity index (χ3n) is 5.20. The second-order valence-corrected chi connectivity index (χ2v) is 7.42. The molecule has 2 aromatic carbocycles. The fourth-order valence-electron chi connectivity index (χ4n) is 3.53. The van der Waals surface area contributed by atoms with Crippen molar-refractivity contribution < 1.29 is 23.3 Å². The number of amides is 2. The number of anilines is 1. The van der Waals surface area contributed by atoms with Crippen LogP contribution in [-0.4, -0.2) is 53.2 Å². The lowest BCUT2D eigenvalue weighted by Gasteiger charge is -2.26. The molecule has 0 unspecified atom stereocenters. The zero-order valence-corrected chi connectivity index (χ0v) is 17.6. The van der Waals surface area contributed by atoms with Crippen LogP contribution in [0.5, 0.6) is 0 Å². The summed E-state index contributed by atoms with van der Waals surface area (Å²) < 4.78 is 15.9. The summed E-state index contributed by atoms with van der Waals surface area (Å²) in [6.45, 7) is 2.23. The van der Waals surface area contributed by atoms with Gasteiger partial charge < -0.3 is 23.9 Å². The normalized spacial score (nSPS) is 13.6. The van der Waals surface area contributed by atoms with E-state index in [9.17, 15) is 9.59 Å². The molecule has 0 bridgehead atoms. The SMILES string of the molecule is O=C(Nc1cccc(-c2nc(-c3cccc(C(=O)N4CCOCC4)c3)no2)c1)c1ccco1. The monoisotopic (exact) mass is 444 g/mol. The van der Waals surface area contributed by atoms with Gasteiger partial charge in [0.15, 0.2) is 5.76 Å². The van der Waals surface area contributed by atoms with E-state index < -0.39 is 0 Å². The van der Waals surface area contributed by atoms with Gasteiger partial charge in [0.1, 0.15) is 0 Å². The molecular formula is C24H20N4O5. The summed E-state index contributed by atoms with van der Waals surface area (Å²) in [5.74, 6) is 0.469. The Morgan fingerprint density at radius 2 is 1.76 bits per heavy atom. The van der Waals surface area contributed by atoms with Crippen LogP contribution in [0.15, 0.2) is 75.9 Å². The lowest BCUT2D eigenvalue weighted by molar-refractivity contribution is 0.0303. The molecule has 0 atom stereocenters. The molecule has 2 amide bonds. The molecule has 1 fully saturated rings. The Bertz CT molecular complexity index is 1280. The molecule has 166 valence electrons. The first-order valence-electron chi connectivity index (χ1n) is 10.4. The zero-order valence-electron chi connectivity index (χ0n) is 17.6. The number of nitrogens with one attached hydrogen (secondary N) is 1. The maximum atomic E-state index is 12.8. The minimum atomic E-state index is -0.356. The number of ether oxygens (including phenoxy) is 1. The highest BCUT2D eigenvalue weighted by Crippen LogP contribution is 2.25. The Hall–Kier alpha value is -4.24. The number of morpholine rings is 1. The van der Waals surface area contributed by atoms with Gasteiger partial charge in [-0.1, -0.05) is 23.4 Å². The van der Waals surface area contributed by atoms with E-state index in [4.69, 9.17) is 13.7 Å².